The minimum Gasteiger partial charge on any atom is -0.434 e. The lowest BCUT2D eigenvalue weighted by molar-refractivity contribution is -0.201. The number of rotatable bonds is 3. The minimum atomic E-state index is -4.62. The number of hydrogen-bond acceptors (Lipinski definition) is 2. The molecule has 0 saturated carbocycles. The summed E-state index contributed by atoms with van der Waals surface area (Å²) < 4.78 is 44.5. The molecule has 1 amide bonds. The number of alkyl halides is 3. The van der Waals surface area contributed by atoms with Crippen LogP contribution in [0.15, 0.2) is 60.7 Å². The van der Waals surface area contributed by atoms with Crippen LogP contribution < -0.4 is 0 Å². The highest BCUT2D eigenvalue weighted by atomic mass is 19.4. The van der Waals surface area contributed by atoms with E-state index < -0.39 is 24.4 Å². The van der Waals surface area contributed by atoms with Gasteiger partial charge >= 0.3 is 12.3 Å². The van der Waals surface area contributed by atoms with Crippen LogP contribution in [0.5, 0.6) is 0 Å². The van der Waals surface area contributed by atoms with E-state index in [1.807, 2.05) is 0 Å². The molecule has 2 aromatic rings. The van der Waals surface area contributed by atoms with Gasteiger partial charge in [0.2, 0.25) is 6.10 Å². The van der Waals surface area contributed by atoms with Crippen LogP contribution in [-0.4, -0.2) is 23.3 Å². The molecular formula is C17H14F3NO2. The minimum absolute atomic E-state index is 0.0613. The van der Waals surface area contributed by atoms with Crippen molar-refractivity contribution in [3.8, 4) is 0 Å². The number of amides is 1. The van der Waals surface area contributed by atoms with E-state index in [1.165, 1.54) is 0 Å². The predicted octanol–water partition coefficient (Wildman–Crippen LogP) is 4.31. The Morgan fingerprint density at radius 1 is 0.957 bits per heavy atom. The quantitative estimate of drug-likeness (QED) is 0.843. The zero-order valence-electron chi connectivity index (χ0n) is 12.0. The average Bonchev–Trinajstić information content (AvgIpc) is 2.86. The van der Waals surface area contributed by atoms with E-state index in [4.69, 9.17) is 0 Å². The van der Waals surface area contributed by atoms with Crippen LogP contribution in [0.2, 0.25) is 0 Å². The van der Waals surface area contributed by atoms with Crippen molar-refractivity contribution in [3.63, 3.8) is 0 Å². The maximum Gasteiger partial charge on any atom is 0.428 e. The molecule has 6 heteroatoms. The molecule has 120 valence electrons. The van der Waals surface area contributed by atoms with E-state index in [9.17, 15) is 18.0 Å². The number of hydrogen-bond donors (Lipinski definition) is 0. The molecule has 1 heterocycles. The maximum atomic E-state index is 13.3. The maximum absolute atomic E-state index is 13.3. The van der Waals surface area contributed by atoms with E-state index in [1.54, 1.807) is 60.7 Å². The third-order valence-corrected chi connectivity index (χ3v) is 3.74. The first-order valence-electron chi connectivity index (χ1n) is 7.09. The van der Waals surface area contributed by atoms with Crippen molar-refractivity contribution in [2.45, 2.75) is 24.9 Å². The molecule has 3 nitrogen and oxygen atoms in total. The third kappa shape index (κ3) is 3.16. The molecule has 0 aliphatic carbocycles. The molecule has 2 aromatic carbocycles. The number of nitrogens with zero attached hydrogens (tertiary/aromatic N) is 1. The molecule has 0 spiro atoms. The molecule has 0 aromatic heterocycles. The largest absolute Gasteiger partial charge is 0.434 e. The van der Waals surface area contributed by atoms with Crippen LogP contribution in [0.25, 0.3) is 0 Å². The van der Waals surface area contributed by atoms with Gasteiger partial charge in [0, 0.05) is 6.54 Å². The zero-order chi connectivity index (χ0) is 16.4. The molecular weight excluding hydrogens is 307 g/mol. The van der Waals surface area contributed by atoms with E-state index >= 15 is 0 Å². The number of carbonyl (C=O) groups is 1. The molecule has 1 aliphatic heterocycles. The first kappa shape index (κ1) is 15.4. The summed E-state index contributed by atoms with van der Waals surface area (Å²) in [4.78, 5) is 13.2. The van der Waals surface area contributed by atoms with Crippen molar-refractivity contribution < 1.29 is 22.7 Å². The van der Waals surface area contributed by atoms with E-state index in [-0.39, 0.29) is 6.54 Å². The van der Waals surface area contributed by atoms with Gasteiger partial charge < -0.3 is 4.74 Å². The van der Waals surface area contributed by atoms with E-state index in [2.05, 4.69) is 4.74 Å². The summed E-state index contributed by atoms with van der Waals surface area (Å²) >= 11 is 0. The van der Waals surface area contributed by atoms with Gasteiger partial charge in [-0.15, -0.1) is 0 Å². The number of benzene rings is 2. The molecule has 0 N–H and O–H groups in total. The topological polar surface area (TPSA) is 29.5 Å². The molecule has 1 saturated heterocycles. The number of carbonyl (C=O) groups excluding carboxylic acids is 1. The summed E-state index contributed by atoms with van der Waals surface area (Å²) in [7, 11) is 0. The fourth-order valence-corrected chi connectivity index (χ4v) is 2.71. The Hall–Kier alpha value is -2.50. The highest BCUT2D eigenvalue weighted by Crippen LogP contribution is 2.42. The van der Waals surface area contributed by atoms with Crippen LogP contribution in [0.4, 0.5) is 18.0 Å². The SMILES string of the molecule is O=C1O[C@H](C(F)(F)F)[C@@H](c2ccccc2)N1Cc1ccccc1. The van der Waals surface area contributed by atoms with Crippen molar-refractivity contribution in [2.75, 3.05) is 0 Å². The monoisotopic (exact) mass is 321 g/mol. The number of halogens is 3. The second-order valence-corrected chi connectivity index (χ2v) is 5.31. The summed E-state index contributed by atoms with van der Waals surface area (Å²) in [5, 5.41) is 0. The third-order valence-electron chi connectivity index (χ3n) is 3.74. The number of cyclic esters (lactones) is 1. The standard InChI is InChI=1S/C17H14F3NO2/c18-17(19,20)15-14(13-9-5-2-6-10-13)21(16(22)23-15)11-12-7-3-1-4-8-12/h1-10,14-15H,11H2/t14-,15+/m1/s1. The first-order chi connectivity index (χ1) is 11.0. The van der Waals surface area contributed by atoms with Gasteiger partial charge in [-0.05, 0) is 11.1 Å². The van der Waals surface area contributed by atoms with Crippen LogP contribution in [-0.2, 0) is 11.3 Å². The van der Waals surface area contributed by atoms with Crippen LogP contribution in [0, 0.1) is 0 Å². The Balaban J connectivity index is 1.97. The molecule has 3 rings (SSSR count). The molecule has 1 aliphatic rings. The highest BCUT2D eigenvalue weighted by molar-refractivity contribution is 5.71. The lowest BCUT2D eigenvalue weighted by Crippen LogP contribution is -2.36. The van der Waals surface area contributed by atoms with Crippen molar-refractivity contribution >= 4 is 6.09 Å². The Labute approximate surface area is 131 Å². The van der Waals surface area contributed by atoms with Gasteiger partial charge in [0.1, 0.15) is 6.04 Å². The van der Waals surface area contributed by atoms with Gasteiger partial charge in [-0.1, -0.05) is 60.7 Å². The molecule has 0 bridgehead atoms. The fourth-order valence-electron chi connectivity index (χ4n) is 2.71. The van der Waals surface area contributed by atoms with Crippen LogP contribution in [0.3, 0.4) is 0 Å². The van der Waals surface area contributed by atoms with Crippen molar-refractivity contribution in [3.05, 3.63) is 71.8 Å². The number of ether oxygens (including phenoxy) is 1. The molecule has 0 radical (unpaired) electrons. The molecule has 1 fully saturated rings. The highest BCUT2D eigenvalue weighted by Gasteiger charge is 2.56. The van der Waals surface area contributed by atoms with E-state index in [0.717, 1.165) is 10.5 Å². The van der Waals surface area contributed by atoms with Crippen LogP contribution in [0.1, 0.15) is 17.2 Å². The van der Waals surface area contributed by atoms with Gasteiger partial charge in [0.25, 0.3) is 0 Å². The molecule has 23 heavy (non-hydrogen) atoms. The Bertz CT molecular complexity index is 673. The molecule has 2 atom stereocenters. The summed E-state index contributed by atoms with van der Waals surface area (Å²) in [5.74, 6) is 0. The lowest BCUT2D eigenvalue weighted by Gasteiger charge is -2.26. The Morgan fingerprint density at radius 3 is 2.09 bits per heavy atom. The Morgan fingerprint density at radius 2 is 1.52 bits per heavy atom. The van der Waals surface area contributed by atoms with Gasteiger partial charge in [-0.2, -0.15) is 13.2 Å². The Kier molecular flexibility index (Phi) is 3.98. The van der Waals surface area contributed by atoms with Crippen LogP contribution >= 0.6 is 0 Å². The van der Waals surface area contributed by atoms with E-state index in [0.29, 0.717) is 5.56 Å². The average molecular weight is 321 g/mol. The summed E-state index contributed by atoms with van der Waals surface area (Å²) in [6, 6.07) is 15.8. The lowest BCUT2D eigenvalue weighted by atomic mass is 10.00. The van der Waals surface area contributed by atoms with Crippen molar-refractivity contribution in [2.24, 2.45) is 0 Å². The second kappa shape index (κ2) is 5.95. The van der Waals surface area contributed by atoms with Gasteiger partial charge in [0.05, 0.1) is 0 Å². The van der Waals surface area contributed by atoms with Gasteiger partial charge in [-0.25, -0.2) is 4.79 Å². The predicted molar refractivity (Wildman–Crippen MR) is 77.5 cm³/mol. The normalized spacial score (nSPS) is 21.3. The van der Waals surface area contributed by atoms with Crippen molar-refractivity contribution in [1.29, 1.82) is 0 Å². The summed E-state index contributed by atoms with van der Waals surface area (Å²) in [5.41, 5.74) is 1.14. The zero-order valence-corrected chi connectivity index (χ0v) is 12.0. The van der Waals surface area contributed by atoms with Gasteiger partial charge in [-0.3, -0.25) is 4.90 Å². The molecule has 0 unspecified atom stereocenters. The first-order valence-corrected chi connectivity index (χ1v) is 7.09. The van der Waals surface area contributed by atoms with Gasteiger partial charge in [0.15, 0.2) is 0 Å². The smallest absolute Gasteiger partial charge is 0.428 e. The fraction of sp³-hybridized carbons (Fsp3) is 0.235. The second-order valence-electron chi connectivity index (χ2n) is 5.31. The summed E-state index contributed by atoms with van der Waals surface area (Å²) in [6.07, 6.45) is -7.74. The van der Waals surface area contributed by atoms with Crippen molar-refractivity contribution in [1.82, 2.24) is 4.90 Å². The summed E-state index contributed by atoms with van der Waals surface area (Å²) in [6.45, 7) is 0.0613.